The van der Waals surface area contributed by atoms with Gasteiger partial charge in [0, 0.05) is 13.3 Å². The number of hydrogen-bond donors (Lipinski definition) is 0. The summed E-state index contributed by atoms with van der Waals surface area (Å²) in [6.45, 7) is 1.79. The Morgan fingerprint density at radius 2 is 1.48 bits per heavy atom. The summed E-state index contributed by atoms with van der Waals surface area (Å²) in [5, 5.41) is 0. The average molecular weight is 308 g/mol. The highest BCUT2D eigenvalue weighted by atomic mass is 16.5. The maximum atomic E-state index is 12.8. The first kappa shape index (κ1) is 15.5. The number of hydrogen-bond acceptors (Lipinski definition) is 3. The van der Waals surface area contributed by atoms with E-state index in [-0.39, 0.29) is 17.7 Å². The second kappa shape index (κ2) is 6.78. The Hall–Kier alpha value is -2.42. The molecule has 0 spiro atoms. The van der Waals surface area contributed by atoms with Crippen LogP contribution < -0.4 is 0 Å². The SMILES string of the molecule is CC(=O)OCCCCC(=O)C1c2ccccc2-c2ccccc21. The first-order valence-corrected chi connectivity index (χ1v) is 8.03. The van der Waals surface area contributed by atoms with E-state index >= 15 is 0 Å². The minimum absolute atomic E-state index is 0.156. The van der Waals surface area contributed by atoms with Gasteiger partial charge in [0.2, 0.25) is 0 Å². The zero-order valence-corrected chi connectivity index (χ0v) is 13.2. The van der Waals surface area contributed by atoms with Crippen molar-refractivity contribution in [3.8, 4) is 11.1 Å². The lowest BCUT2D eigenvalue weighted by atomic mass is 9.90. The van der Waals surface area contributed by atoms with Crippen molar-refractivity contribution in [3.05, 3.63) is 59.7 Å². The molecule has 1 aliphatic carbocycles. The molecular weight excluding hydrogens is 288 g/mol. The third kappa shape index (κ3) is 3.19. The number of carbonyl (C=O) groups excluding carboxylic acids is 2. The van der Waals surface area contributed by atoms with E-state index in [1.165, 1.54) is 18.1 Å². The van der Waals surface area contributed by atoms with Crippen LogP contribution in [-0.4, -0.2) is 18.4 Å². The summed E-state index contributed by atoms with van der Waals surface area (Å²) in [6, 6.07) is 16.3. The fourth-order valence-corrected chi connectivity index (χ4v) is 3.26. The van der Waals surface area contributed by atoms with Gasteiger partial charge in [-0.1, -0.05) is 48.5 Å². The lowest BCUT2D eigenvalue weighted by Gasteiger charge is -2.12. The van der Waals surface area contributed by atoms with Gasteiger partial charge in [-0.25, -0.2) is 0 Å². The normalized spacial score (nSPS) is 12.6. The molecule has 0 N–H and O–H groups in total. The van der Waals surface area contributed by atoms with Crippen LogP contribution in [0, 0.1) is 0 Å². The smallest absolute Gasteiger partial charge is 0.302 e. The van der Waals surface area contributed by atoms with E-state index in [2.05, 4.69) is 24.3 Å². The molecule has 3 heteroatoms. The maximum absolute atomic E-state index is 12.8. The zero-order valence-electron chi connectivity index (χ0n) is 13.2. The van der Waals surface area contributed by atoms with Gasteiger partial charge in [0.1, 0.15) is 5.78 Å². The van der Waals surface area contributed by atoms with Crippen LogP contribution in [0.3, 0.4) is 0 Å². The molecular formula is C20H20O3. The summed E-state index contributed by atoms with van der Waals surface area (Å²) >= 11 is 0. The van der Waals surface area contributed by atoms with Crippen LogP contribution in [0.1, 0.15) is 43.2 Å². The number of esters is 1. The molecule has 0 fully saturated rings. The zero-order chi connectivity index (χ0) is 16.2. The van der Waals surface area contributed by atoms with Gasteiger partial charge in [-0.3, -0.25) is 9.59 Å². The molecule has 0 unspecified atom stereocenters. The van der Waals surface area contributed by atoms with Crippen LogP contribution >= 0.6 is 0 Å². The molecule has 0 bridgehead atoms. The molecule has 2 aromatic rings. The van der Waals surface area contributed by atoms with Gasteiger partial charge in [0.15, 0.2) is 0 Å². The minimum Gasteiger partial charge on any atom is -0.466 e. The van der Waals surface area contributed by atoms with E-state index in [1.807, 2.05) is 24.3 Å². The second-order valence-corrected chi connectivity index (χ2v) is 5.87. The van der Waals surface area contributed by atoms with Crippen LogP contribution in [0.25, 0.3) is 11.1 Å². The third-order valence-electron chi connectivity index (χ3n) is 4.28. The fourth-order valence-electron chi connectivity index (χ4n) is 3.26. The number of carbonyl (C=O) groups is 2. The number of fused-ring (bicyclic) bond motifs is 3. The van der Waals surface area contributed by atoms with Crippen molar-refractivity contribution >= 4 is 11.8 Å². The van der Waals surface area contributed by atoms with E-state index < -0.39 is 0 Å². The molecule has 0 heterocycles. The van der Waals surface area contributed by atoms with E-state index in [0.29, 0.717) is 13.0 Å². The summed E-state index contributed by atoms with van der Waals surface area (Å²) in [5.41, 5.74) is 4.56. The van der Waals surface area contributed by atoms with Gasteiger partial charge in [-0.15, -0.1) is 0 Å². The molecule has 0 saturated carbocycles. The minimum atomic E-state index is -0.269. The molecule has 0 aliphatic heterocycles. The van der Waals surface area contributed by atoms with Crippen molar-refractivity contribution in [2.75, 3.05) is 6.61 Å². The summed E-state index contributed by atoms with van der Waals surface area (Å²) < 4.78 is 4.91. The predicted octanol–water partition coefficient (Wildman–Crippen LogP) is 4.10. The summed E-state index contributed by atoms with van der Waals surface area (Å²) in [6.07, 6.45) is 1.98. The number of ketones is 1. The fraction of sp³-hybridized carbons (Fsp3) is 0.300. The Kier molecular flexibility index (Phi) is 4.56. The van der Waals surface area contributed by atoms with Gasteiger partial charge in [0.25, 0.3) is 0 Å². The van der Waals surface area contributed by atoms with Crippen LogP contribution in [0.5, 0.6) is 0 Å². The molecule has 0 saturated heterocycles. The van der Waals surface area contributed by atoms with E-state index in [0.717, 1.165) is 24.0 Å². The van der Waals surface area contributed by atoms with Gasteiger partial charge in [-0.2, -0.15) is 0 Å². The lowest BCUT2D eigenvalue weighted by molar-refractivity contribution is -0.141. The van der Waals surface area contributed by atoms with Crippen molar-refractivity contribution in [1.29, 1.82) is 0 Å². The standard InChI is InChI=1S/C20H20O3/c1-14(21)23-13-7-6-12-19(22)20-17-10-4-2-8-15(17)16-9-3-5-11-18(16)20/h2-5,8-11,20H,6-7,12-13H2,1H3. The second-order valence-electron chi connectivity index (χ2n) is 5.87. The molecule has 23 heavy (non-hydrogen) atoms. The van der Waals surface area contributed by atoms with E-state index in [4.69, 9.17) is 4.74 Å². The molecule has 3 nitrogen and oxygen atoms in total. The van der Waals surface area contributed by atoms with Gasteiger partial charge >= 0.3 is 5.97 Å². The van der Waals surface area contributed by atoms with E-state index in [9.17, 15) is 9.59 Å². The molecule has 118 valence electrons. The van der Waals surface area contributed by atoms with Crippen LogP contribution in [-0.2, 0) is 14.3 Å². The first-order chi connectivity index (χ1) is 11.2. The maximum Gasteiger partial charge on any atom is 0.302 e. The number of unbranched alkanes of at least 4 members (excludes halogenated alkanes) is 1. The number of rotatable bonds is 6. The Morgan fingerprint density at radius 3 is 2.04 bits per heavy atom. The van der Waals surface area contributed by atoms with Crippen LogP contribution in [0.15, 0.2) is 48.5 Å². The molecule has 1 aliphatic rings. The van der Waals surface area contributed by atoms with Crippen molar-refractivity contribution in [1.82, 2.24) is 0 Å². The molecule has 0 aromatic heterocycles. The highest BCUT2D eigenvalue weighted by molar-refractivity contribution is 5.97. The summed E-state index contributed by atoms with van der Waals surface area (Å²) in [4.78, 5) is 23.5. The van der Waals surface area contributed by atoms with Crippen LogP contribution in [0.4, 0.5) is 0 Å². The summed E-state index contributed by atoms with van der Waals surface area (Å²) in [5.74, 6) is -0.184. The van der Waals surface area contributed by atoms with E-state index in [1.54, 1.807) is 0 Å². The average Bonchev–Trinajstić information content (AvgIpc) is 2.89. The molecule has 2 aromatic carbocycles. The number of ether oxygens (including phenoxy) is 1. The quantitative estimate of drug-likeness (QED) is 0.596. The van der Waals surface area contributed by atoms with Crippen LogP contribution in [0.2, 0.25) is 0 Å². The number of benzene rings is 2. The highest BCUT2D eigenvalue weighted by Crippen LogP contribution is 2.45. The van der Waals surface area contributed by atoms with Crippen molar-refractivity contribution in [2.24, 2.45) is 0 Å². The van der Waals surface area contributed by atoms with Crippen molar-refractivity contribution in [2.45, 2.75) is 32.1 Å². The number of Topliss-reactive ketones (excluding diaryl/α,β-unsaturated/α-hetero) is 1. The topological polar surface area (TPSA) is 43.4 Å². The van der Waals surface area contributed by atoms with Crippen molar-refractivity contribution < 1.29 is 14.3 Å². The molecule has 0 radical (unpaired) electrons. The van der Waals surface area contributed by atoms with Gasteiger partial charge in [0.05, 0.1) is 12.5 Å². The predicted molar refractivity (Wildman–Crippen MR) is 89.2 cm³/mol. The lowest BCUT2D eigenvalue weighted by Crippen LogP contribution is -2.12. The van der Waals surface area contributed by atoms with Crippen molar-refractivity contribution in [3.63, 3.8) is 0 Å². The van der Waals surface area contributed by atoms with Gasteiger partial charge < -0.3 is 4.74 Å². The molecule has 3 rings (SSSR count). The third-order valence-corrected chi connectivity index (χ3v) is 4.28. The Balaban J connectivity index is 1.72. The Morgan fingerprint density at radius 1 is 0.913 bits per heavy atom. The van der Waals surface area contributed by atoms with Gasteiger partial charge in [-0.05, 0) is 35.1 Å². The first-order valence-electron chi connectivity index (χ1n) is 8.03. The Bertz CT molecular complexity index is 688. The highest BCUT2D eigenvalue weighted by Gasteiger charge is 2.32. The molecule has 0 atom stereocenters. The summed E-state index contributed by atoms with van der Waals surface area (Å²) in [7, 11) is 0. The largest absolute Gasteiger partial charge is 0.466 e. The Labute approximate surface area is 136 Å². The molecule has 0 amide bonds. The monoisotopic (exact) mass is 308 g/mol.